The second kappa shape index (κ2) is 6.39. The van der Waals surface area contributed by atoms with Crippen LogP contribution in [0.25, 0.3) is 5.69 Å². The number of anilines is 1. The number of rotatable bonds is 3. The number of likely N-dealkylation sites (N-methyl/N-ethyl adjacent to an activating group) is 1. The highest BCUT2D eigenvalue weighted by Gasteiger charge is 2.18. The Morgan fingerprint density at radius 1 is 1.04 bits per heavy atom. The van der Waals surface area contributed by atoms with Crippen LogP contribution < -0.4 is 4.90 Å². The lowest BCUT2D eigenvalue weighted by atomic mass is 10.1. The highest BCUT2D eigenvalue weighted by Crippen LogP contribution is 2.23. The molecule has 1 saturated heterocycles. The van der Waals surface area contributed by atoms with Crippen molar-refractivity contribution in [2.24, 2.45) is 0 Å². The van der Waals surface area contributed by atoms with E-state index in [2.05, 4.69) is 71.3 Å². The number of nitrogens with zero attached hydrogens (tertiary/aromatic N) is 6. The van der Waals surface area contributed by atoms with E-state index < -0.39 is 0 Å². The molecule has 120 valence electrons. The molecular weight excluding hydrogens is 288 g/mol. The molecular formula is C17H22N6. The van der Waals surface area contributed by atoms with Crippen LogP contribution in [0.1, 0.15) is 31.2 Å². The first-order chi connectivity index (χ1) is 11.1. The fourth-order valence-corrected chi connectivity index (χ4v) is 2.95. The van der Waals surface area contributed by atoms with Gasteiger partial charge in [-0.2, -0.15) is 5.26 Å². The van der Waals surface area contributed by atoms with E-state index in [1.807, 2.05) is 0 Å². The third kappa shape index (κ3) is 3.06. The minimum Gasteiger partial charge on any atom is -0.369 e. The Morgan fingerprint density at radius 2 is 1.65 bits per heavy atom. The van der Waals surface area contributed by atoms with Crippen LogP contribution in [0.15, 0.2) is 24.3 Å². The number of hydrogen-bond acceptors (Lipinski definition) is 5. The molecule has 0 unspecified atom stereocenters. The molecule has 0 bridgehead atoms. The van der Waals surface area contributed by atoms with Gasteiger partial charge in [0.2, 0.25) is 0 Å². The molecule has 2 aromatic rings. The number of benzene rings is 1. The summed E-state index contributed by atoms with van der Waals surface area (Å²) in [6, 6.07) is 10.5. The average molecular weight is 310 g/mol. The number of nitriles is 1. The van der Waals surface area contributed by atoms with Gasteiger partial charge in [-0.15, -0.1) is 5.10 Å². The van der Waals surface area contributed by atoms with Gasteiger partial charge in [0.15, 0.2) is 5.69 Å². The second-order valence-electron chi connectivity index (χ2n) is 6.31. The molecule has 1 aromatic heterocycles. The fraction of sp³-hybridized carbons (Fsp3) is 0.471. The van der Waals surface area contributed by atoms with Crippen LogP contribution in [-0.2, 0) is 0 Å². The monoisotopic (exact) mass is 310 g/mol. The van der Waals surface area contributed by atoms with Gasteiger partial charge in [-0.3, -0.25) is 0 Å². The van der Waals surface area contributed by atoms with Gasteiger partial charge in [-0.1, -0.05) is 19.1 Å². The molecule has 1 aromatic carbocycles. The Morgan fingerprint density at radius 3 is 2.22 bits per heavy atom. The zero-order valence-corrected chi connectivity index (χ0v) is 13.9. The van der Waals surface area contributed by atoms with Crippen LogP contribution in [0.4, 0.5) is 5.69 Å². The Bertz CT molecular complexity index is 702. The zero-order valence-electron chi connectivity index (χ0n) is 13.9. The van der Waals surface area contributed by atoms with E-state index in [1.54, 1.807) is 4.68 Å². The first kappa shape index (κ1) is 15.5. The van der Waals surface area contributed by atoms with E-state index in [4.69, 9.17) is 0 Å². The van der Waals surface area contributed by atoms with Gasteiger partial charge >= 0.3 is 0 Å². The summed E-state index contributed by atoms with van der Waals surface area (Å²) in [7, 11) is 2.16. The summed E-state index contributed by atoms with van der Waals surface area (Å²) in [4.78, 5) is 4.74. The van der Waals surface area contributed by atoms with Crippen LogP contribution in [-0.4, -0.2) is 53.1 Å². The normalized spacial score (nSPS) is 15.9. The van der Waals surface area contributed by atoms with Crippen LogP contribution in [0.5, 0.6) is 0 Å². The Hall–Kier alpha value is -2.39. The lowest BCUT2D eigenvalue weighted by Gasteiger charge is -2.34. The summed E-state index contributed by atoms with van der Waals surface area (Å²) in [6.07, 6.45) is 0. The standard InChI is InChI=1S/C17H22N6/c1-13(2)17-16(12-18)19-20-23(17)15-6-4-14(5-7-15)22-10-8-21(3)9-11-22/h4-7,13H,8-11H2,1-3H3. The van der Waals surface area contributed by atoms with E-state index in [9.17, 15) is 5.26 Å². The van der Waals surface area contributed by atoms with E-state index >= 15 is 0 Å². The molecule has 0 N–H and O–H groups in total. The Kier molecular flexibility index (Phi) is 4.30. The third-order valence-corrected chi connectivity index (χ3v) is 4.32. The SMILES string of the molecule is CC(C)c1c(C#N)nnn1-c1ccc(N2CCN(C)CC2)cc1. The van der Waals surface area contributed by atoms with Gasteiger partial charge in [-0.25, -0.2) is 4.68 Å². The third-order valence-electron chi connectivity index (χ3n) is 4.32. The number of hydrogen-bond donors (Lipinski definition) is 0. The minimum atomic E-state index is 0.192. The van der Waals surface area contributed by atoms with Crippen molar-refractivity contribution in [3.8, 4) is 11.8 Å². The lowest BCUT2D eigenvalue weighted by molar-refractivity contribution is 0.313. The maximum atomic E-state index is 9.19. The van der Waals surface area contributed by atoms with Crippen molar-refractivity contribution < 1.29 is 0 Å². The molecule has 2 heterocycles. The summed E-state index contributed by atoms with van der Waals surface area (Å²) in [6.45, 7) is 8.38. The average Bonchev–Trinajstić information content (AvgIpc) is 3.00. The first-order valence-electron chi connectivity index (χ1n) is 7.99. The van der Waals surface area contributed by atoms with Crippen molar-refractivity contribution in [1.29, 1.82) is 5.26 Å². The van der Waals surface area contributed by atoms with E-state index in [1.165, 1.54) is 5.69 Å². The molecule has 0 aliphatic carbocycles. The fourth-order valence-electron chi connectivity index (χ4n) is 2.95. The summed E-state index contributed by atoms with van der Waals surface area (Å²) in [5.41, 5.74) is 3.44. The van der Waals surface area contributed by atoms with Crippen molar-refractivity contribution in [2.75, 3.05) is 38.1 Å². The lowest BCUT2D eigenvalue weighted by Crippen LogP contribution is -2.44. The van der Waals surface area contributed by atoms with Gasteiger partial charge in [0, 0.05) is 31.9 Å². The Labute approximate surface area is 136 Å². The highest BCUT2D eigenvalue weighted by atomic mass is 15.4. The molecule has 3 rings (SSSR count). The van der Waals surface area contributed by atoms with Gasteiger partial charge < -0.3 is 9.80 Å². The molecule has 6 heteroatoms. The number of piperazine rings is 1. The molecule has 0 spiro atoms. The molecule has 1 fully saturated rings. The van der Waals surface area contributed by atoms with Crippen molar-refractivity contribution in [1.82, 2.24) is 19.9 Å². The predicted molar refractivity (Wildman–Crippen MR) is 89.9 cm³/mol. The van der Waals surface area contributed by atoms with E-state index in [0.29, 0.717) is 5.69 Å². The summed E-state index contributed by atoms with van der Waals surface area (Å²) in [5.74, 6) is 0.192. The van der Waals surface area contributed by atoms with Crippen LogP contribution in [0, 0.1) is 11.3 Å². The molecule has 6 nitrogen and oxygen atoms in total. The molecule has 1 aliphatic heterocycles. The van der Waals surface area contributed by atoms with Crippen LogP contribution >= 0.6 is 0 Å². The largest absolute Gasteiger partial charge is 0.369 e. The van der Waals surface area contributed by atoms with E-state index in [0.717, 1.165) is 37.6 Å². The second-order valence-corrected chi connectivity index (χ2v) is 6.31. The zero-order chi connectivity index (χ0) is 16.4. The van der Waals surface area contributed by atoms with Gasteiger partial charge in [-0.05, 0) is 37.2 Å². The number of aromatic nitrogens is 3. The van der Waals surface area contributed by atoms with Crippen LogP contribution in [0.3, 0.4) is 0 Å². The smallest absolute Gasteiger partial charge is 0.186 e. The first-order valence-corrected chi connectivity index (χ1v) is 7.99. The van der Waals surface area contributed by atoms with Gasteiger partial charge in [0.1, 0.15) is 6.07 Å². The van der Waals surface area contributed by atoms with Crippen molar-refractivity contribution in [2.45, 2.75) is 19.8 Å². The topological polar surface area (TPSA) is 61.0 Å². The maximum Gasteiger partial charge on any atom is 0.186 e. The molecule has 0 amide bonds. The summed E-state index contributed by atoms with van der Waals surface area (Å²) >= 11 is 0. The summed E-state index contributed by atoms with van der Waals surface area (Å²) in [5, 5.41) is 17.3. The van der Waals surface area contributed by atoms with Gasteiger partial charge in [0.05, 0.1) is 11.4 Å². The molecule has 0 radical (unpaired) electrons. The molecule has 1 aliphatic rings. The summed E-state index contributed by atoms with van der Waals surface area (Å²) < 4.78 is 1.77. The van der Waals surface area contributed by atoms with E-state index in [-0.39, 0.29) is 5.92 Å². The van der Waals surface area contributed by atoms with Crippen molar-refractivity contribution in [3.63, 3.8) is 0 Å². The molecule has 0 saturated carbocycles. The van der Waals surface area contributed by atoms with Crippen molar-refractivity contribution >= 4 is 5.69 Å². The Balaban J connectivity index is 1.86. The van der Waals surface area contributed by atoms with Crippen LogP contribution in [0.2, 0.25) is 0 Å². The van der Waals surface area contributed by atoms with Crippen molar-refractivity contribution in [3.05, 3.63) is 35.7 Å². The quantitative estimate of drug-likeness (QED) is 0.868. The molecule has 23 heavy (non-hydrogen) atoms. The predicted octanol–water partition coefficient (Wildman–Crippen LogP) is 2.01. The maximum absolute atomic E-state index is 9.19. The highest BCUT2D eigenvalue weighted by molar-refractivity contribution is 5.52. The van der Waals surface area contributed by atoms with Gasteiger partial charge in [0.25, 0.3) is 0 Å². The minimum absolute atomic E-state index is 0.192. The molecule has 0 atom stereocenters.